The van der Waals surface area contributed by atoms with E-state index in [1.165, 1.54) is 0 Å². The maximum absolute atomic E-state index is 12.2. The van der Waals surface area contributed by atoms with E-state index in [0.717, 1.165) is 5.56 Å². The van der Waals surface area contributed by atoms with E-state index in [9.17, 15) is 9.59 Å². The Morgan fingerprint density at radius 1 is 1.42 bits per heavy atom. The number of nitrogens with one attached hydrogen (secondary N) is 2. The number of amides is 1. The van der Waals surface area contributed by atoms with Crippen LogP contribution in [0.15, 0.2) is 24.5 Å². The summed E-state index contributed by atoms with van der Waals surface area (Å²) in [5.74, 6) is -2.27. The minimum atomic E-state index is -0.916. The van der Waals surface area contributed by atoms with Crippen molar-refractivity contribution in [2.75, 3.05) is 0 Å². The number of carboxylic acids is 1. The summed E-state index contributed by atoms with van der Waals surface area (Å²) < 4.78 is 0. The lowest BCUT2D eigenvalue weighted by Gasteiger charge is -2.25. The number of hydrogen-bond donors (Lipinski definition) is 3. The molecule has 1 aromatic heterocycles. The van der Waals surface area contributed by atoms with Crippen LogP contribution in [0.25, 0.3) is 0 Å². The molecule has 0 saturated carbocycles. The summed E-state index contributed by atoms with van der Waals surface area (Å²) in [4.78, 5) is 23.3. The number of hydrogen-bond acceptors (Lipinski definition) is 3. The number of carbonyl (C=O) groups excluding carboxylic acids is 1. The molecule has 1 amide bonds. The molecule has 1 aliphatic carbocycles. The van der Waals surface area contributed by atoms with Crippen LogP contribution in [-0.2, 0) is 9.59 Å². The van der Waals surface area contributed by atoms with E-state index in [4.69, 9.17) is 5.11 Å². The third kappa shape index (κ3) is 3.01. The van der Waals surface area contributed by atoms with Crippen molar-refractivity contribution in [3.05, 3.63) is 30.1 Å². The Labute approximate surface area is 110 Å². The fraction of sp³-hybridized carbons (Fsp3) is 0.462. The van der Waals surface area contributed by atoms with Crippen LogP contribution in [-0.4, -0.2) is 27.2 Å². The topological polar surface area (TPSA) is 95.1 Å². The Kier molecular flexibility index (Phi) is 3.99. The molecule has 0 fully saturated rings. The molecule has 19 heavy (non-hydrogen) atoms. The first-order valence-electron chi connectivity index (χ1n) is 6.26. The summed E-state index contributed by atoms with van der Waals surface area (Å²) in [6.07, 6.45) is 7.92. The molecule has 1 heterocycles. The number of allylic oxidation sites excluding steroid dienone is 2. The van der Waals surface area contributed by atoms with Crippen molar-refractivity contribution < 1.29 is 14.7 Å². The van der Waals surface area contributed by atoms with Crippen LogP contribution in [0.5, 0.6) is 0 Å². The van der Waals surface area contributed by atoms with Crippen molar-refractivity contribution in [3.63, 3.8) is 0 Å². The highest BCUT2D eigenvalue weighted by Gasteiger charge is 2.34. The van der Waals surface area contributed by atoms with Gasteiger partial charge in [-0.3, -0.25) is 14.7 Å². The van der Waals surface area contributed by atoms with E-state index in [-0.39, 0.29) is 11.9 Å². The van der Waals surface area contributed by atoms with E-state index >= 15 is 0 Å². The molecule has 1 aromatic rings. The zero-order valence-corrected chi connectivity index (χ0v) is 10.7. The van der Waals surface area contributed by atoms with Crippen molar-refractivity contribution in [1.29, 1.82) is 0 Å². The number of aromatic nitrogens is 2. The minimum Gasteiger partial charge on any atom is -0.481 e. The van der Waals surface area contributed by atoms with Gasteiger partial charge in [-0.05, 0) is 19.8 Å². The number of aromatic amines is 1. The lowest BCUT2D eigenvalue weighted by Crippen LogP contribution is -2.39. The number of H-pyrrole nitrogens is 1. The molecule has 0 radical (unpaired) electrons. The normalized spacial score (nSPS) is 23.8. The second-order valence-corrected chi connectivity index (χ2v) is 4.76. The quantitative estimate of drug-likeness (QED) is 0.712. The van der Waals surface area contributed by atoms with Crippen molar-refractivity contribution in [2.45, 2.75) is 25.8 Å². The zero-order valence-electron chi connectivity index (χ0n) is 10.7. The van der Waals surface area contributed by atoms with Gasteiger partial charge in [0.15, 0.2) is 0 Å². The molecule has 3 unspecified atom stereocenters. The molecule has 0 aromatic carbocycles. The average molecular weight is 263 g/mol. The first kappa shape index (κ1) is 13.3. The second kappa shape index (κ2) is 5.69. The lowest BCUT2D eigenvalue weighted by molar-refractivity contribution is -0.147. The first-order chi connectivity index (χ1) is 9.09. The van der Waals surface area contributed by atoms with Gasteiger partial charge in [-0.25, -0.2) is 0 Å². The molecule has 0 saturated heterocycles. The maximum Gasteiger partial charge on any atom is 0.307 e. The minimum absolute atomic E-state index is 0.188. The molecule has 1 aliphatic rings. The van der Waals surface area contributed by atoms with E-state index in [1.54, 1.807) is 12.4 Å². The van der Waals surface area contributed by atoms with Crippen molar-refractivity contribution in [3.8, 4) is 0 Å². The van der Waals surface area contributed by atoms with Crippen LogP contribution in [0, 0.1) is 11.8 Å². The largest absolute Gasteiger partial charge is 0.481 e. The Hall–Kier alpha value is -2.11. The average Bonchev–Trinajstić information content (AvgIpc) is 2.92. The number of carboxylic acid groups (broad SMARTS) is 1. The highest BCUT2D eigenvalue weighted by Crippen LogP contribution is 2.26. The number of aliphatic carboxylic acids is 1. The van der Waals surface area contributed by atoms with Gasteiger partial charge in [0.2, 0.25) is 5.91 Å². The molecule has 6 nitrogen and oxygen atoms in total. The van der Waals surface area contributed by atoms with Crippen LogP contribution in [0.1, 0.15) is 31.4 Å². The molecule has 0 spiro atoms. The Morgan fingerprint density at radius 3 is 2.68 bits per heavy atom. The van der Waals surface area contributed by atoms with Crippen LogP contribution >= 0.6 is 0 Å². The van der Waals surface area contributed by atoms with E-state index < -0.39 is 17.8 Å². The molecule has 0 bridgehead atoms. The van der Waals surface area contributed by atoms with Crippen LogP contribution < -0.4 is 5.32 Å². The number of rotatable bonds is 4. The summed E-state index contributed by atoms with van der Waals surface area (Å²) in [5.41, 5.74) is 0.867. The standard InChI is InChI=1S/C13H17N3O3/c1-8(9-6-14-15-7-9)16-12(17)10-4-2-3-5-11(10)13(18)19/h2-3,6-8,10-11H,4-5H2,1H3,(H,14,15)(H,16,17)(H,18,19). The third-order valence-electron chi connectivity index (χ3n) is 3.46. The fourth-order valence-corrected chi connectivity index (χ4v) is 2.28. The Morgan fingerprint density at radius 2 is 2.11 bits per heavy atom. The van der Waals surface area contributed by atoms with Gasteiger partial charge in [0.25, 0.3) is 0 Å². The summed E-state index contributed by atoms with van der Waals surface area (Å²) >= 11 is 0. The molecule has 2 rings (SSSR count). The van der Waals surface area contributed by atoms with Crippen molar-refractivity contribution in [2.24, 2.45) is 11.8 Å². The molecule has 102 valence electrons. The zero-order chi connectivity index (χ0) is 13.8. The van der Waals surface area contributed by atoms with E-state index in [2.05, 4.69) is 15.5 Å². The molecule has 3 atom stereocenters. The molecule has 3 N–H and O–H groups in total. The second-order valence-electron chi connectivity index (χ2n) is 4.76. The van der Waals surface area contributed by atoms with Crippen LogP contribution in [0.3, 0.4) is 0 Å². The SMILES string of the molecule is CC(NC(=O)C1CC=CCC1C(=O)O)c1cn[nH]c1. The summed E-state index contributed by atoms with van der Waals surface area (Å²) in [5, 5.41) is 18.5. The fourth-order valence-electron chi connectivity index (χ4n) is 2.28. The first-order valence-corrected chi connectivity index (χ1v) is 6.26. The highest BCUT2D eigenvalue weighted by atomic mass is 16.4. The molecular weight excluding hydrogens is 246 g/mol. The maximum atomic E-state index is 12.2. The van der Waals surface area contributed by atoms with Gasteiger partial charge in [-0.1, -0.05) is 12.2 Å². The highest BCUT2D eigenvalue weighted by molar-refractivity contribution is 5.85. The summed E-state index contributed by atoms with van der Waals surface area (Å²) in [6.45, 7) is 1.84. The predicted octanol–water partition coefficient (Wildman–Crippen LogP) is 1.25. The van der Waals surface area contributed by atoms with Gasteiger partial charge < -0.3 is 10.4 Å². The number of nitrogens with zero attached hydrogens (tertiary/aromatic N) is 1. The number of carbonyl (C=O) groups is 2. The van der Waals surface area contributed by atoms with E-state index in [1.807, 2.05) is 19.1 Å². The summed E-state index contributed by atoms with van der Waals surface area (Å²) in [6, 6.07) is -0.188. The molecule has 6 heteroatoms. The smallest absolute Gasteiger partial charge is 0.307 e. The van der Waals surface area contributed by atoms with Gasteiger partial charge in [-0.15, -0.1) is 0 Å². The van der Waals surface area contributed by atoms with Gasteiger partial charge in [-0.2, -0.15) is 5.10 Å². The third-order valence-corrected chi connectivity index (χ3v) is 3.46. The monoisotopic (exact) mass is 263 g/mol. The Balaban J connectivity index is 2.02. The van der Waals surface area contributed by atoms with Crippen molar-refractivity contribution in [1.82, 2.24) is 15.5 Å². The van der Waals surface area contributed by atoms with Gasteiger partial charge in [0.1, 0.15) is 0 Å². The van der Waals surface area contributed by atoms with Crippen LogP contribution in [0.2, 0.25) is 0 Å². The predicted molar refractivity (Wildman–Crippen MR) is 68.1 cm³/mol. The summed E-state index contributed by atoms with van der Waals surface area (Å²) in [7, 11) is 0. The van der Waals surface area contributed by atoms with Crippen molar-refractivity contribution >= 4 is 11.9 Å². The van der Waals surface area contributed by atoms with Gasteiger partial charge in [0, 0.05) is 11.8 Å². The van der Waals surface area contributed by atoms with Gasteiger partial charge >= 0.3 is 5.97 Å². The lowest BCUT2D eigenvalue weighted by atomic mass is 9.82. The molecule has 0 aliphatic heterocycles. The van der Waals surface area contributed by atoms with E-state index in [0.29, 0.717) is 12.8 Å². The van der Waals surface area contributed by atoms with Gasteiger partial charge in [0.05, 0.1) is 24.1 Å². The Bertz CT molecular complexity index is 481. The molecular formula is C13H17N3O3. The van der Waals surface area contributed by atoms with Crippen LogP contribution in [0.4, 0.5) is 0 Å².